The van der Waals surface area contributed by atoms with Crippen molar-refractivity contribution in [2.75, 3.05) is 0 Å². The second kappa shape index (κ2) is 18.7. The second-order valence-corrected chi connectivity index (χ2v) is 19.5. The fraction of sp³-hybridized carbons (Fsp3) is 0. The van der Waals surface area contributed by atoms with Crippen LogP contribution in [0.3, 0.4) is 0 Å². The minimum absolute atomic E-state index is 0.610. The Morgan fingerprint density at radius 2 is 0.441 bits per heavy atom. The number of hydrogen-bond donors (Lipinski definition) is 0. The molecule has 5 heteroatoms. The Hall–Kier alpha value is -8.56. The van der Waals surface area contributed by atoms with Crippen molar-refractivity contribution in [1.29, 1.82) is 0 Å². The zero-order chi connectivity index (χ0) is 45.7. The molecule has 0 spiro atoms. The van der Waals surface area contributed by atoms with Crippen LogP contribution in [0.25, 0.3) is 89.8 Å². The van der Waals surface area contributed by atoms with Gasteiger partial charge in [0.2, 0.25) is 0 Å². The maximum atomic E-state index is 14.9. The fourth-order valence-electron chi connectivity index (χ4n) is 8.78. The summed E-state index contributed by atoms with van der Waals surface area (Å²) in [5.41, 5.74) is 13.9. The van der Waals surface area contributed by atoms with Crippen molar-refractivity contribution in [3.8, 4) is 89.8 Å². The monoisotopic (exact) mass is 889 g/mol. The lowest BCUT2D eigenvalue weighted by atomic mass is 9.97. The van der Waals surface area contributed by atoms with E-state index in [4.69, 9.17) is 15.0 Å². The van der Waals surface area contributed by atoms with E-state index < -0.39 is 7.14 Å². The van der Waals surface area contributed by atoms with Gasteiger partial charge >= 0.3 is 0 Å². The highest BCUT2D eigenvalue weighted by Crippen LogP contribution is 2.43. The molecule has 0 N–H and O–H groups in total. The normalized spacial score (nSPS) is 11.3. The molecule has 10 aromatic carbocycles. The Labute approximate surface area is 397 Å². The molecular weight excluding hydrogens is 846 g/mol. The van der Waals surface area contributed by atoms with Gasteiger partial charge in [-0.15, -0.1) is 0 Å². The van der Waals surface area contributed by atoms with Crippen LogP contribution >= 0.6 is 7.14 Å². The van der Waals surface area contributed by atoms with Gasteiger partial charge in [0.25, 0.3) is 0 Å². The summed E-state index contributed by atoms with van der Waals surface area (Å²) in [4.78, 5) is 15.2. The number of benzene rings is 10. The lowest BCUT2D eigenvalue weighted by Gasteiger charge is -2.20. The molecule has 0 atom stereocenters. The first-order valence-corrected chi connectivity index (χ1v) is 24.5. The van der Waals surface area contributed by atoms with E-state index in [-0.39, 0.29) is 0 Å². The predicted octanol–water partition coefficient (Wildman–Crippen LogP) is 14.8. The highest BCUT2D eigenvalue weighted by molar-refractivity contribution is 7.85. The summed E-state index contributed by atoms with van der Waals surface area (Å²) in [5, 5.41) is 2.48. The summed E-state index contributed by atoms with van der Waals surface area (Å²) < 4.78 is 14.9. The summed E-state index contributed by atoms with van der Waals surface area (Å²) in [6, 6.07) is 91.2. The third-order valence-electron chi connectivity index (χ3n) is 12.5. The number of rotatable bonds is 11. The van der Waals surface area contributed by atoms with Crippen LogP contribution in [0.4, 0.5) is 0 Å². The summed E-state index contributed by atoms with van der Waals surface area (Å²) in [7, 11) is -3.04. The van der Waals surface area contributed by atoms with Gasteiger partial charge in [-0.25, -0.2) is 15.0 Å². The maximum absolute atomic E-state index is 14.9. The predicted molar refractivity (Wildman–Crippen MR) is 283 cm³/mol. The van der Waals surface area contributed by atoms with Crippen molar-refractivity contribution in [1.82, 2.24) is 15.0 Å². The largest absolute Gasteiger partial charge is 0.309 e. The van der Waals surface area contributed by atoms with Crippen LogP contribution in [0.5, 0.6) is 0 Å². The molecule has 68 heavy (non-hydrogen) atoms. The van der Waals surface area contributed by atoms with Gasteiger partial charge in [-0.05, 0) is 61.7 Å². The smallest absolute Gasteiger partial charge is 0.171 e. The third kappa shape index (κ3) is 8.65. The third-order valence-corrected chi connectivity index (χ3v) is 15.6. The SMILES string of the molecule is O=P(c1ccccc1)(c1ccccc1)c1ccc(-c2ccc(-c3ccc(-c4cccc(-c5nc(-c6ccc(-c7ccccc7)cc6)nc(-c6ccc(-c7ccccc7)cc6)n5)c4)cc3)cc2)cc1. The molecule has 0 unspecified atom stereocenters. The van der Waals surface area contributed by atoms with Gasteiger partial charge in [-0.1, -0.05) is 261 Å². The lowest BCUT2D eigenvalue weighted by Crippen LogP contribution is -2.24. The molecule has 0 fully saturated rings. The summed E-state index contributed by atoms with van der Waals surface area (Å²) >= 11 is 0. The number of hydrogen-bond acceptors (Lipinski definition) is 4. The van der Waals surface area contributed by atoms with Crippen LogP contribution in [0, 0.1) is 0 Å². The first kappa shape index (κ1) is 42.1. The molecule has 0 aliphatic carbocycles. The minimum Gasteiger partial charge on any atom is -0.309 e. The van der Waals surface area contributed by atoms with Gasteiger partial charge < -0.3 is 4.57 Å². The van der Waals surface area contributed by atoms with Crippen molar-refractivity contribution in [2.45, 2.75) is 0 Å². The van der Waals surface area contributed by atoms with E-state index in [0.717, 1.165) is 88.2 Å². The van der Waals surface area contributed by atoms with Gasteiger partial charge in [-0.2, -0.15) is 0 Å². The molecule has 1 aromatic heterocycles. The zero-order valence-corrected chi connectivity index (χ0v) is 38.0. The second-order valence-electron chi connectivity index (χ2n) is 16.8. The fourth-order valence-corrected chi connectivity index (χ4v) is 11.4. The van der Waals surface area contributed by atoms with Crippen LogP contribution in [0.15, 0.2) is 267 Å². The molecule has 0 aliphatic heterocycles. The summed E-state index contributed by atoms with van der Waals surface area (Å²) in [6.45, 7) is 0. The van der Waals surface area contributed by atoms with E-state index in [2.05, 4.69) is 182 Å². The Morgan fingerprint density at radius 1 is 0.206 bits per heavy atom. The van der Waals surface area contributed by atoms with Crippen LogP contribution < -0.4 is 15.9 Å². The molecule has 11 aromatic rings. The van der Waals surface area contributed by atoms with Gasteiger partial charge in [0.05, 0.1) is 0 Å². The average molecular weight is 890 g/mol. The number of nitrogens with zero attached hydrogens (tertiary/aromatic N) is 3. The van der Waals surface area contributed by atoms with Crippen molar-refractivity contribution in [3.63, 3.8) is 0 Å². The highest BCUT2D eigenvalue weighted by atomic mass is 31.2. The molecule has 0 aliphatic rings. The van der Waals surface area contributed by atoms with E-state index in [1.54, 1.807) is 0 Å². The first-order valence-electron chi connectivity index (χ1n) is 22.8. The summed E-state index contributed by atoms with van der Waals surface area (Å²) in [5.74, 6) is 1.84. The van der Waals surface area contributed by atoms with E-state index in [0.29, 0.717) is 17.5 Å². The molecule has 11 rings (SSSR count). The van der Waals surface area contributed by atoms with Crippen LogP contribution in [-0.4, -0.2) is 15.0 Å². The van der Waals surface area contributed by atoms with Gasteiger partial charge in [-0.3, -0.25) is 0 Å². The van der Waals surface area contributed by atoms with E-state index in [9.17, 15) is 4.57 Å². The van der Waals surface area contributed by atoms with Crippen molar-refractivity contribution in [2.24, 2.45) is 0 Å². The molecular formula is C63H44N3OP. The Bertz CT molecular complexity index is 3370. The molecule has 322 valence electrons. The van der Waals surface area contributed by atoms with Crippen LogP contribution in [0.1, 0.15) is 0 Å². The van der Waals surface area contributed by atoms with Crippen LogP contribution in [0.2, 0.25) is 0 Å². The van der Waals surface area contributed by atoms with E-state index in [1.165, 1.54) is 0 Å². The molecule has 0 saturated heterocycles. The Kier molecular flexibility index (Phi) is 11.6. The topological polar surface area (TPSA) is 55.7 Å². The average Bonchev–Trinajstić information content (AvgIpc) is 3.44. The molecule has 0 bridgehead atoms. The molecule has 0 amide bonds. The van der Waals surface area contributed by atoms with Crippen molar-refractivity contribution in [3.05, 3.63) is 267 Å². The molecule has 4 nitrogen and oxygen atoms in total. The van der Waals surface area contributed by atoms with Gasteiger partial charge in [0.15, 0.2) is 24.6 Å². The molecule has 0 radical (unpaired) electrons. The number of aromatic nitrogens is 3. The summed E-state index contributed by atoms with van der Waals surface area (Å²) in [6.07, 6.45) is 0. The van der Waals surface area contributed by atoms with Crippen molar-refractivity contribution < 1.29 is 4.57 Å². The maximum Gasteiger partial charge on any atom is 0.171 e. The first-order chi connectivity index (χ1) is 33.5. The quantitative estimate of drug-likeness (QED) is 0.121. The van der Waals surface area contributed by atoms with Crippen molar-refractivity contribution >= 4 is 23.1 Å². The van der Waals surface area contributed by atoms with Gasteiger partial charge in [0.1, 0.15) is 0 Å². The highest BCUT2D eigenvalue weighted by Gasteiger charge is 2.29. The van der Waals surface area contributed by atoms with E-state index >= 15 is 0 Å². The Morgan fingerprint density at radius 3 is 0.809 bits per heavy atom. The van der Waals surface area contributed by atoms with Crippen LogP contribution in [-0.2, 0) is 4.57 Å². The lowest BCUT2D eigenvalue weighted by molar-refractivity contribution is 0.592. The zero-order valence-electron chi connectivity index (χ0n) is 37.1. The van der Waals surface area contributed by atoms with Gasteiger partial charge in [0, 0.05) is 32.6 Å². The molecule has 1 heterocycles. The minimum atomic E-state index is -3.04. The molecule has 0 saturated carbocycles. The Balaban J connectivity index is 0.856. The van der Waals surface area contributed by atoms with E-state index in [1.807, 2.05) is 84.9 Å². The standard InChI is InChI=1S/C63H44N3OP/c67-68(58-20-9-3-10-21-58,59-22-11-4-12-23-59)60-42-40-52(41-43-60)51-26-24-49(25-27-51)50-28-30-53(31-29-50)56-18-13-19-57(44-56)63-65-61(54-36-32-47(33-37-54)45-14-5-1-6-15-45)64-62(66-63)55-38-34-48(35-39-55)46-16-7-2-8-17-46/h1-44H.